The molecule has 0 N–H and O–H groups in total. The van der Waals surface area contributed by atoms with Gasteiger partial charge in [-0.15, -0.1) is 0 Å². The predicted octanol–water partition coefficient (Wildman–Crippen LogP) is 2.04. The van der Waals surface area contributed by atoms with Gasteiger partial charge in [-0.25, -0.2) is 0 Å². The molecule has 2 rings (SSSR count). The van der Waals surface area contributed by atoms with E-state index in [2.05, 4.69) is 17.0 Å². The molecule has 5 heteroatoms. The van der Waals surface area contributed by atoms with Crippen molar-refractivity contribution in [3.05, 3.63) is 23.8 Å². The number of nitrogens with zero attached hydrogens (tertiary/aromatic N) is 3. The second kappa shape index (κ2) is 6.63. The molecule has 1 heterocycles. The SMILES string of the molecule is N#CCCN(CCC#N)Cc1cccc2c1OCO2. The first kappa shape index (κ1) is 13.2. The standard InChI is InChI=1S/C14H15N3O2/c15-6-2-8-17(9-3-7-16)10-12-4-1-5-13-14(12)19-11-18-13/h1,4-5H,2-3,8-11H2. The fourth-order valence-electron chi connectivity index (χ4n) is 2.04. The van der Waals surface area contributed by atoms with Crippen molar-refractivity contribution in [3.63, 3.8) is 0 Å². The van der Waals surface area contributed by atoms with Gasteiger partial charge in [0.05, 0.1) is 12.1 Å². The molecule has 0 aliphatic carbocycles. The monoisotopic (exact) mass is 257 g/mol. The van der Waals surface area contributed by atoms with Crippen molar-refractivity contribution in [1.82, 2.24) is 4.90 Å². The Balaban J connectivity index is 2.06. The minimum absolute atomic E-state index is 0.253. The van der Waals surface area contributed by atoms with Crippen molar-refractivity contribution in [2.45, 2.75) is 19.4 Å². The largest absolute Gasteiger partial charge is 0.454 e. The van der Waals surface area contributed by atoms with Gasteiger partial charge in [0.25, 0.3) is 0 Å². The lowest BCUT2D eigenvalue weighted by Gasteiger charge is -2.20. The highest BCUT2D eigenvalue weighted by molar-refractivity contribution is 5.48. The first-order valence-corrected chi connectivity index (χ1v) is 6.19. The fourth-order valence-corrected chi connectivity index (χ4v) is 2.04. The summed E-state index contributed by atoms with van der Waals surface area (Å²) in [5.74, 6) is 1.54. The minimum atomic E-state index is 0.253. The van der Waals surface area contributed by atoms with Gasteiger partial charge in [-0.3, -0.25) is 4.90 Å². The molecule has 5 nitrogen and oxygen atoms in total. The number of ether oxygens (including phenoxy) is 2. The number of nitriles is 2. The van der Waals surface area contributed by atoms with Gasteiger partial charge < -0.3 is 9.47 Å². The van der Waals surface area contributed by atoms with Crippen LogP contribution in [0.15, 0.2) is 18.2 Å². The molecule has 1 aromatic carbocycles. The van der Waals surface area contributed by atoms with Gasteiger partial charge in [0.2, 0.25) is 6.79 Å². The van der Waals surface area contributed by atoms with Crippen molar-refractivity contribution in [1.29, 1.82) is 10.5 Å². The van der Waals surface area contributed by atoms with E-state index in [0.29, 0.717) is 32.5 Å². The molecular weight excluding hydrogens is 242 g/mol. The van der Waals surface area contributed by atoms with E-state index in [1.807, 2.05) is 18.2 Å². The highest BCUT2D eigenvalue weighted by Crippen LogP contribution is 2.35. The molecule has 1 aromatic rings. The smallest absolute Gasteiger partial charge is 0.231 e. The van der Waals surface area contributed by atoms with Gasteiger partial charge >= 0.3 is 0 Å². The molecule has 1 aliphatic rings. The van der Waals surface area contributed by atoms with Crippen LogP contribution in [0.5, 0.6) is 11.5 Å². The van der Waals surface area contributed by atoms with E-state index in [4.69, 9.17) is 20.0 Å². The average Bonchev–Trinajstić information content (AvgIpc) is 2.91. The summed E-state index contributed by atoms with van der Waals surface area (Å²) in [4.78, 5) is 2.09. The van der Waals surface area contributed by atoms with Gasteiger partial charge in [-0.05, 0) is 6.07 Å². The third kappa shape index (κ3) is 3.37. The van der Waals surface area contributed by atoms with E-state index in [1.54, 1.807) is 0 Å². The van der Waals surface area contributed by atoms with Crippen LogP contribution in [0, 0.1) is 22.7 Å². The summed E-state index contributed by atoms with van der Waals surface area (Å²) in [5, 5.41) is 17.4. The molecule has 0 fully saturated rings. The van der Waals surface area contributed by atoms with Crippen LogP contribution in [0.2, 0.25) is 0 Å². The summed E-state index contributed by atoms with van der Waals surface area (Å²) >= 11 is 0. The molecule has 0 bridgehead atoms. The maximum absolute atomic E-state index is 8.68. The van der Waals surface area contributed by atoms with E-state index >= 15 is 0 Å². The number of hydrogen-bond acceptors (Lipinski definition) is 5. The van der Waals surface area contributed by atoms with Crippen LogP contribution in [-0.4, -0.2) is 24.8 Å². The highest BCUT2D eigenvalue weighted by Gasteiger charge is 2.18. The zero-order valence-electron chi connectivity index (χ0n) is 10.6. The highest BCUT2D eigenvalue weighted by atomic mass is 16.7. The zero-order chi connectivity index (χ0) is 13.5. The molecule has 0 saturated carbocycles. The van der Waals surface area contributed by atoms with E-state index < -0.39 is 0 Å². The quantitative estimate of drug-likeness (QED) is 0.780. The topological polar surface area (TPSA) is 69.3 Å². The predicted molar refractivity (Wildman–Crippen MR) is 68.3 cm³/mol. The molecule has 1 aliphatic heterocycles. The van der Waals surface area contributed by atoms with Crippen molar-refractivity contribution in [2.75, 3.05) is 19.9 Å². The summed E-state index contributed by atoms with van der Waals surface area (Å²) in [6.07, 6.45) is 0.912. The molecule has 0 spiro atoms. The zero-order valence-corrected chi connectivity index (χ0v) is 10.6. The van der Waals surface area contributed by atoms with Gasteiger partial charge in [0, 0.05) is 38.0 Å². The number of fused-ring (bicyclic) bond motifs is 1. The second-order valence-corrected chi connectivity index (χ2v) is 4.24. The third-order valence-corrected chi connectivity index (χ3v) is 2.95. The van der Waals surface area contributed by atoms with Crippen molar-refractivity contribution < 1.29 is 9.47 Å². The lowest BCUT2D eigenvalue weighted by molar-refractivity contribution is 0.172. The first-order valence-electron chi connectivity index (χ1n) is 6.19. The van der Waals surface area contributed by atoms with Crippen molar-refractivity contribution in [3.8, 4) is 23.6 Å². The molecule has 0 unspecified atom stereocenters. The van der Waals surface area contributed by atoms with Gasteiger partial charge in [0.15, 0.2) is 11.5 Å². The molecule has 98 valence electrons. The van der Waals surface area contributed by atoms with Crippen LogP contribution >= 0.6 is 0 Å². The van der Waals surface area contributed by atoms with E-state index in [9.17, 15) is 0 Å². The molecule has 0 radical (unpaired) electrons. The lowest BCUT2D eigenvalue weighted by atomic mass is 10.1. The molecule has 0 saturated heterocycles. The Bertz CT molecular complexity index is 498. The minimum Gasteiger partial charge on any atom is -0.454 e. The Kier molecular flexibility index (Phi) is 4.60. The van der Waals surface area contributed by atoms with E-state index in [-0.39, 0.29) is 6.79 Å². The number of para-hydroxylation sites is 1. The van der Waals surface area contributed by atoms with Crippen LogP contribution in [0.25, 0.3) is 0 Å². The Morgan fingerprint density at radius 2 is 1.84 bits per heavy atom. The Morgan fingerprint density at radius 3 is 2.53 bits per heavy atom. The molecule has 0 aromatic heterocycles. The summed E-state index contributed by atoms with van der Waals surface area (Å²) < 4.78 is 10.8. The van der Waals surface area contributed by atoms with Crippen LogP contribution in [0.3, 0.4) is 0 Å². The number of benzene rings is 1. The van der Waals surface area contributed by atoms with Gasteiger partial charge in [-0.1, -0.05) is 12.1 Å². The Morgan fingerprint density at radius 1 is 1.11 bits per heavy atom. The summed E-state index contributed by atoms with van der Waals surface area (Å²) in [7, 11) is 0. The van der Waals surface area contributed by atoms with Crippen LogP contribution in [0.4, 0.5) is 0 Å². The maximum atomic E-state index is 8.68. The lowest BCUT2D eigenvalue weighted by Crippen LogP contribution is -2.25. The average molecular weight is 257 g/mol. The summed E-state index contributed by atoms with van der Waals surface area (Å²) in [6, 6.07) is 10.1. The van der Waals surface area contributed by atoms with Crippen LogP contribution in [0.1, 0.15) is 18.4 Å². The Hall–Kier alpha value is -2.24. The van der Waals surface area contributed by atoms with Gasteiger partial charge in [-0.2, -0.15) is 10.5 Å². The van der Waals surface area contributed by atoms with E-state index in [0.717, 1.165) is 17.1 Å². The summed E-state index contributed by atoms with van der Waals surface area (Å²) in [6.45, 7) is 2.23. The maximum Gasteiger partial charge on any atom is 0.231 e. The van der Waals surface area contributed by atoms with Crippen LogP contribution in [-0.2, 0) is 6.54 Å². The van der Waals surface area contributed by atoms with Crippen LogP contribution < -0.4 is 9.47 Å². The molecule has 19 heavy (non-hydrogen) atoms. The first-order chi connectivity index (χ1) is 9.35. The molecular formula is C14H15N3O2. The van der Waals surface area contributed by atoms with Gasteiger partial charge in [0.1, 0.15) is 0 Å². The van der Waals surface area contributed by atoms with E-state index in [1.165, 1.54) is 0 Å². The molecule has 0 atom stereocenters. The van der Waals surface area contributed by atoms with Crippen molar-refractivity contribution >= 4 is 0 Å². The van der Waals surface area contributed by atoms with Crippen molar-refractivity contribution in [2.24, 2.45) is 0 Å². The summed E-state index contributed by atoms with van der Waals surface area (Å²) in [5.41, 5.74) is 1.03. The second-order valence-electron chi connectivity index (χ2n) is 4.24. The fraction of sp³-hybridized carbons (Fsp3) is 0.429. The number of hydrogen-bond donors (Lipinski definition) is 0. The number of rotatable bonds is 6. The normalized spacial score (nSPS) is 12.2. The molecule has 0 amide bonds. The third-order valence-electron chi connectivity index (χ3n) is 2.95. The Labute approximate surface area is 112 Å².